The van der Waals surface area contributed by atoms with Crippen LogP contribution in [0.2, 0.25) is 0 Å². The first-order chi connectivity index (χ1) is 6.45. The number of hydrogen-bond donors (Lipinski definition) is 1. The SMILES string of the molecule is OCCc1ccc(F)cc1C(F)(F)F. The number of alkyl halides is 3. The largest absolute Gasteiger partial charge is 0.416 e. The Balaban J connectivity index is 3.16. The van der Waals surface area contributed by atoms with Crippen molar-refractivity contribution in [3.05, 3.63) is 35.1 Å². The van der Waals surface area contributed by atoms with Gasteiger partial charge in [-0.3, -0.25) is 0 Å². The Hall–Kier alpha value is -1.10. The molecule has 5 heteroatoms. The normalized spacial score (nSPS) is 11.8. The van der Waals surface area contributed by atoms with Crippen molar-refractivity contribution in [3.8, 4) is 0 Å². The van der Waals surface area contributed by atoms with Gasteiger partial charge in [0.1, 0.15) is 5.82 Å². The molecule has 0 bridgehead atoms. The van der Waals surface area contributed by atoms with Crippen molar-refractivity contribution in [2.75, 3.05) is 6.61 Å². The Kier molecular flexibility index (Phi) is 3.10. The van der Waals surface area contributed by atoms with Gasteiger partial charge in [0, 0.05) is 6.61 Å². The van der Waals surface area contributed by atoms with Crippen molar-refractivity contribution in [1.29, 1.82) is 0 Å². The lowest BCUT2D eigenvalue weighted by atomic mass is 10.0. The monoisotopic (exact) mass is 208 g/mol. The molecular formula is C9H8F4O. The van der Waals surface area contributed by atoms with E-state index >= 15 is 0 Å². The number of benzene rings is 1. The van der Waals surface area contributed by atoms with Crippen LogP contribution in [0.15, 0.2) is 18.2 Å². The van der Waals surface area contributed by atoms with Crippen LogP contribution in [0.25, 0.3) is 0 Å². The molecule has 0 unspecified atom stereocenters. The Bertz CT molecular complexity index is 319. The summed E-state index contributed by atoms with van der Waals surface area (Å²) in [5, 5.41) is 8.52. The molecule has 1 rings (SSSR count). The van der Waals surface area contributed by atoms with E-state index in [-0.39, 0.29) is 12.0 Å². The van der Waals surface area contributed by atoms with Crippen LogP contribution in [0.5, 0.6) is 0 Å². The summed E-state index contributed by atoms with van der Waals surface area (Å²) >= 11 is 0. The van der Waals surface area contributed by atoms with E-state index in [1.54, 1.807) is 0 Å². The van der Waals surface area contributed by atoms with Crippen LogP contribution in [-0.2, 0) is 12.6 Å². The first-order valence-electron chi connectivity index (χ1n) is 3.91. The molecule has 14 heavy (non-hydrogen) atoms. The van der Waals surface area contributed by atoms with Gasteiger partial charge in [-0.2, -0.15) is 13.2 Å². The number of hydrogen-bond acceptors (Lipinski definition) is 1. The van der Waals surface area contributed by atoms with Crippen molar-refractivity contribution < 1.29 is 22.7 Å². The molecule has 0 aromatic heterocycles. The Morgan fingerprint density at radius 1 is 1.21 bits per heavy atom. The van der Waals surface area contributed by atoms with Crippen molar-refractivity contribution >= 4 is 0 Å². The predicted octanol–water partition coefficient (Wildman–Crippen LogP) is 2.38. The number of halogens is 4. The first kappa shape index (κ1) is 11.0. The van der Waals surface area contributed by atoms with Crippen LogP contribution in [-0.4, -0.2) is 11.7 Å². The van der Waals surface area contributed by atoms with Gasteiger partial charge in [-0.25, -0.2) is 4.39 Å². The van der Waals surface area contributed by atoms with Crippen molar-refractivity contribution in [2.45, 2.75) is 12.6 Å². The first-order valence-corrected chi connectivity index (χ1v) is 3.91. The fraction of sp³-hybridized carbons (Fsp3) is 0.333. The fourth-order valence-electron chi connectivity index (χ4n) is 1.15. The average Bonchev–Trinajstić information content (AvgIpc) is 2.07. The van der Waals surface area contributed by atoms with E-state index in [0.717, 1.165) is 12.1 Å². The van der Waals surface area contributed by atoms with Crippen LogP contribution in [0.4, 0.5) is 17.6 Å². The lowest BCUT2D eigenvalue weighted by Gasteiger charge is -2.11. The third kappa shape index (κ3) is 2.45. The third-order valence-corrected chi connectivity index (χ3v) is 1.76. The molecule has 0 saturated heterocycles. The molecule has 0 aliphatic carbocycles. The summed E-state index contributed by atoms with van der Waals surface area (Å²) in [7, 11) is 0. The molecule has 1 aromatic carbocycles. The van der Waals surface area contributed by atoms with Gasteiger partial charge in [0.05, 0.1) is 5.56 Å². The quantitative estimate of drug-likeness (QED) is 0.740. The second-order valence-corrected chi connectivity index (χ2v) is 2.77. The third-order valence-electron chi connectivity index (χ3n) is 1.76. The molecule has 0 heterocycles. The summed E-state index contributed by atoms with van der Waals surface area (Å²) in [4.78, 5) is 0. The molecule has 1 aromatic rings. The molecule has 1 nitrogen and oxygen atoms in total. The smallest absolute Gasteiger partial charge is 0.396 e. The van der Waals surface area contributed by atoms with E-state index in [9.17, 15) is 17.6 Å². The molecule has 0 atom stereocenters. The van der Waals surface area contributed by atoms with Crippen LogP contribution < -0.4 is 0 Å². The van der Waals surface area contributed by atoms with Crippen LogP contribution >= 0.6 is 0 Å². The molecule has 0 spiro atoms. The van der Waals surface area contributed by atoms with E-state index in [1.807, 2.05) is 0 Å². The highest BCUT2D eigenvalue weighted by Gasteiger charge is 2.33. The number of aliphatic hydroxyl groups is 1. The van der Waals surface area contributed by atoms with Crippen molar-refractivity contribution in [2.24, 2.45) is 0 Å². The maximum atomic E-state index is 12.6. The minimum Gasteiger partial charge on any atom is -0.396 e. The number of rotatable bonds is 2. The molecule has 0 aliphatic heterocycles. The van der Waals surface area contributed by atoms with E-state index in [2.05, 4.69) is 0 Å². The molecule has 0 amide bonds. The lowest BCUT2D eigenvalue weighted by molar-refractivity contribution is -0.138. The minimum absolute atomic E-state index is 0.0959. The summed E-state index contributed by atoms with van der Waals surface area (Å²) in [5.41, 5.74) is -1.12. The minimum atomic E-state index is -4.58. The average molecular weight is 208 g/mol. The van der Waals surface area contributed by atoms with Gasteiger partial charge < -0.3 is 5.11 Å². The summed E-state index contributed by atoms with van der Waals surface area (Å²) < 4.78 is 49.5. The summed E-state index contributed by atoms with van der Waals surface area (Å²) in [5.74, 6) is -0.931. The molecule has 0 saturated carbocycles. The molecule has 0 radical (unpaired) electrons. The zero-order chi connectivity index (χ0) is 10.8. The highest BCUT2D eigenvalue weighted by atomic mass is 19.4. The van der Waals surface area contributed by atoms with Gasteiger partial charge in [0.25, 0.3) is 0 Å². The highest BCUT2D eigenvalue weighted by Crippen LogP contribution is 2.32. The zero-order valence-electron chi connectivity index (χ0n) is 7.11. The second kappa shape index (κ2) is 3.96. The second-order valence-electron chi connectivity index (χ2n) is 2.77. The summed E-state index contributed by atoms with van der Waals surface area (Å²) in [6.07, 6.45) is -4.71. The molecular weight excluding hydrogens is 200 g/mol. The molecule has 78 valence electrons. The van der Waals surface area contributed by atoms with E-state index in [1.165, 1.54) is 0 Å². The van der Waals surface area contributed by atoms with Crippen molar-refractivity contribution in [1.82, 2.24) is 0 Å². The predicted molar refractivity (Wildman–Crippen MR) is 42.2 cm³/mol. The lowest BCUT2D eigenvalue weighted by Crippen LogP contribution is -2.10. The maximum Gasteiger partial charge on any atom is 0.416 e. The molecule has 0 aliphatic rings. The van der Waals surface area contributed by atoms with Gasteiger partial charge >= 0.3 is 6.18 Å². The number of aliphatic hydroxyl groups excluding tert-OH is 1. The van der Waals surface area contributed by atoms with Gasteiger partial charge in [-0.05, 0) is 24.1 Å². The molecule has 1 N–H and O–H groups in total. The summed E-state index contributed by atoms with van der Waals surface area (Å²) in [6.45, 7) is -0.394. The highest BCUT2D eigenvalue weighted by molar-refractivity contribution is 5.30. The van der Waals surface area contributed by atoms with Gasteiger partial charge in [-0.1, -0.05) is 6.07 Å². The standard InChI is InChI=1S/C9H8F4O/c10-7-2-1-6(3-4-14)8(5-7)9(11,12)13/h1-2,5,14H,3-4H2. The van der Waals surface area contributed by atoms with E-state index in [4.69, 9.17) is 5.11 Å². The fourth-order valence-corrected chi connectivity index (χ4v) is 1.15. The van der Waals surface area contributed by atoms with Gasteiger partial charge in [-0.15, -0.1) is 0 Å². The maximum absolute atomic E-state index is 12.6. The van der Waals surface area contributed by atoms with Crippen molar-refractivity contribution in [3.63, 3.8) is 0 Å². The van der Waals surface area contributed by atoms with Gasteiger partial charge in [0.15, 0.2) is 0 Å². The topological polar surface area (TPSA) is 20.2 Å². The van der Waals surface area contributed by atoms with Crippen LogP contribution in [0, 0.1) is 5.82 Å². The van der Waals surface area contributed by atoms with Gasteiger partial charge in [0.2, 0.25) is 0 Å². The van der Waals surface area contributed by atoms with E-state index in [0.29, 0.717) is 6.07 Å². The molecule has 0 fully saturated rings. The Morgan fingerprint density at radius 2 is 1.86 bits per heavy atom. The Labute approximate surface area is 78.0 Å². The van der Waals surface area contributed by atoms with E-state index < -0.39 is 24.2 Å². The van der Waals surface area contributed by atoms with Crippen LogP contribution in [0.3, 0.4) is 0 Å². The summed E-state index contributed by atoms with van der Waals surface area (Å²) in [6, 6.07) is 2.42. The van der Waals surface area contributed by atoms with Crippen LogP contribution in [0.1, 0.15) is 11.1 Å². The Morgan fingerprint density at radius 3 is 2.36 bits per heavy atom. The zero-order valence-corrected chi connectivity index (χ0v) is 7.11.